The standard InChI is InChI=1S/C14H21BrClN3/c1-18-6-8-19(9-7-18)5-4-17-11-12-2-3-14(16)13(15)10-12/h2-3,10,17H,4-9,11H2,1H3. The van der Waals surface area contributed by atoms with Crippen LogP contribution in [0.3, 0.4) is 0 Å². The summed E-state index contributed by atoms with van der Waals surface area (Å²) in [4.78, 5) is 4.90. The maximum Gasteiger partial charge on any atom is 0.0548 e. The van der Waals surface area contributed by atoms with Crippen LogP contribution in [-0.4, -0.2) is 56.1 Å². The van der Waals surface area contributed by atoms with E-state index in [0.29, 0.717) is 0 Å². The van der Waals surface area contributed by atoms with Crippen LogP contribution in [0.4, 0.5) is 0 Å². The normalized spacial score (nSPS) is 17.8. The molecule has 1 aliphatic heterocycles. The van der Waals surface area contributed by atoms with E-state index in [1.165, 1.54) is 31.7 Å². The quantitative estimate of drug-likeness (QED) is 0.826. The molecule has 106 valence electrons. The number of rotatable bonds is 5. The highest BCUT2D eigenvalue weighted by Gasteiger charge is 2.12. The van der Waals surface area contributed by atoms with Gasteiger partial charge in [0.1, 0.15) is 0 Å². The molecular formula is C14H21BrClN3. The molecule has 0 amide bonds. The van der Waals surface area contributed by atoms with Crippen molar-refractivity contribution in [2.45, 2.75) is 6.54 Å². The van der Waals surface area contributed by atoms with Gasteiger partial charge < -0.3 is 10.2 Å². The van der Waals surface area contributed by atoms with Crippen LogP contribution < -0.4 is 5.32 Å². The number of likely N-dealkylation sites (N-methyl/N-ethyl adjacent to an activating group) is 1. The highest BCUT2D eigenvalue weighted by molar-refractivity contribution is 9.10. The molecule has 2 rings (SSSR count). The van der Waals surface area contributed by atoms with Crippen molar-refractivity contribution in [3.8, 4) is 0 Å². The average Bonchev–Trinajstić information content (AvgIpc) is 2.41. The van der Waals surface area contributed by atoms with Crippen molar-refractivity contribution in [2.24, 2.45) is 0 Å². The van der Waals surface area contributed by atoms with Crippen LogP contribution in [0.15, 0.2) is 22.7 Å². The molecule has 0 bridgehead atoms. The van der Waals surface area contributed by atoms with Crippen molar-refractivity contribution in [3.05, 3.63) is 33.3 Å². The fourth-order valence-corrected chi connectivity index (χ4v) is 2.73. The third-order valence-corrected chi connectivity index (χ3v) is 4.73. The van der Waals surface area contributed by atoms with Gasteiger partial charge in [0.15, 0.2) is 0 Å². The van der Waals surface area contributed by atoms with Crippen LogP contribution in [-0.2, 0) is 6.54 Å². The molecule has 0 radical (unpaired) electrons. The summed E-state index contributed by atoms with van der Waals surface area (Å²) in [5, 5.41) is 4.25. The van der Waals surface area contributed by atoms with Crippen molar-refractivity contribution in [1.82, 2.24) is 15.1 Å². The number of nitrogens with one attached hydrogen (secondary N) is 1. The molecule has 0 unspecified atom stereocenters. The van der Waals surface area contributed by atoms with E-state index in [4.69, 9.17) is 11.6 Å². The van der Waals surface area contributed by atoms with Crippen LogP contribution in [0.5, 0.6) is 0 Å². The monoisotopic (exact) mass is 345 g/mol. The molecule has 0 aromatic heterocycles. The lowest BCUT2D eigenvalue weighted by Gasteiger charge is -2.32. The molecule has 0 atom stereocenters. The Morgan fingerprint density at radius 1 is 1.26 bits per heavy atom. The summed E-state index contributed by atoms with van der Waals surface area (Å²) in [5.74, 6) is 0. The van der Waals surface area contributed by atoms with Crippen molar-refractivity contribution >= 4 is 27.5 Å². The second-order valence-electron chi connectivity index (χ2n) is 5.07. The zero-order chi connectivity index (χ0) is 13.7. The van der Waals surface area contributed by atoms with E-state index in [1.807, 2.05) is 6.07 Å². The van der Waals surface area contributed by atoms with Crippen molar-refractivity contribution in [3.63, 3.8) is 0 Å². The molecular weight excluding hydrogens is 326 g/mol. The molecule has 1 aliphatic rings. The second-order valence-corrected chi connectivity index (χ2v) is 6.33. The van der Waals surface area contributed by atoms with E-state index >= 15 is 0 Å². The smallest absolute Gasteiger partial charge is 0.0548 e. The van der Waals surface area contributed by atoms with Crippen LogP contribution >= 0.6 is 27.5 Å². The molecule has 1 fully saturated rings. The molecule has 1 heterocycles. The first kappa shape index (κ1) is 15.3. The van der Waals surface area contributed by atoms with Crippen molar-refractivity contribution < 1.29 is 0 Å². The predicted molar refractivity (Wildman–Crippen MR) is 84.8 cm³/mol. The number of hydrogen-bond donors (Lipinski definition) is 1. The van der Waals surface area contributed by atoms with Gasteiger partial charge in [-0.05, 0) is 40.7 Å². The predicted octanol–water partition coefficient (Wildman–Crippen LogP) is 2.44. The Kier molecular flexibility index (Phi) is 6.10. The zero-order valence-electron chi connectivity index (χ0n) is 11.3. The molecule has 5 heteroatoms. The van der Waals surface area contributed by atoms with Gasteiger partial charge in [-0.15, -0.1) is 0 Å². The molecule has 0 spiro atoms. The topological polar surface area (TPSA) is 18.5 Å². The Morgan fingerprint density at radius 2 is 2.00 bits per heavy atom. The van der Waals surface area contributed by atoms with Crippen LogP contribution in [0.1, 0.15) is 5.56 Å². The molecule has 0 saturated carbocycles. The van der Waals surface area contributed by atoms with E-state index in [2.05, 4.69) is 50.2 Å². The first-order chi connectivity index (χ1) is 9.15. The van der Waals surface area contributed by atoms with Gasteiger partial charge in [-0.25, -0.2) is 0 Å². The first-order valence-electron chi connectivity index (χ1n) is 6.71. The van der Waals surface area contributed by atoms with Gasteiger partial charge in [0.2, 0.25) is 0 Å². The lowest BCUT2D eigenvalue weighted by molar-refractivity contribution is 0.154. The van der Waals surface area contributed by atoms with E-state index < -0.39 is 0 Å². The summed E-state index contributed by atoms with van der Waals surface area (Å²) in [6.45, 7) is 7.79. The van der Waals surface area contributed by atoms with Crippen molar-refractivity contribution in [1.29, 1.82) is 0 Å². The minimum absolute atomic E-state index is 0.765. The maximum absolute atomic E-state index is 5.98. The van der Waals surface area contributed by atoms with E-state index in [-0.39, 0.29) is 0 Å². The van der Waals surface area contributed by atoms with Gasteiger partial charge in [-0.2, -0.15) is 0 Å². The largest absolute Gasteiger partial charge is 0.311 e. The lowest BCUT2D eigenvalue weighted by atomic mass is 10.2. The third kappa shape index (κ3) is 5.04. The Labute approximate surface area is 129 Å². The van der Waals surface area contributed by atoms with Gasteiger partial charge in [0, 0.05) is 50.3 Å². The Morgan fingerprint density at radius 3 is 2.68 bits per heavy atom. The molecule has 1 N–H and O–H groups in total. The van der Waals surface area contributed by atoms with Gasteiger partial charge in [-0.3, -0.25) is 4.90 Å². The Bertz CT molecular complexity index is 406. The number of halogens is 2. The van der Waals surface area contributed by atoms with Crippen LogP contribution in [0.2, 0.25) is 5.02 Å². The van der Waals surface area contributed by atoms with E-state index in [1.54, 1.807) is 0 Å². The molecule has 1 aromatic carbocycles. The van der Waals surface area contributed by atoms with Crippen molar-refractivity contribution in [2.75, 3.05) is 46.3 Å². The van der Waals surface area contributed by atoms with Gasteiger partial charge >= 0.3 is 0 Å². The molecule has 1 aromatic rings. The summed E-state index contributed by atoms with van der Waals surface area (Å²) < 4.78 is 0.965. The zero-order valence-corrected chi connectivity index (χ0v) is 13.7. The van der Waals surface area contributed by atoms with Crippen LogP contribution in [0.25, 0.3) is 0 Å². The molecule has 19 heavy (non-hydrogen) atoms. The number of piperazine rings is 1. The third-order valence-electron chi connectivity index (χ3n) is 3.51. The first-order valence-corrected chi connectivity index (χ1v) is 7.88. The van der Waals surface area contributed by atoms with Gasteiger partial charge in [-0.1, -0.05) is 17.7 Å². The fraction of sp³-hybridized carbons (Fsp3) is 0.571. The number of nitrogens with zero attached hydrogens (tertiary/aromatic N) is 2. The van der Waals surface area contributed by atoms with E-state index in [0.717, 1.165) is 29.1 Å². The second kappa shape index (κ2) is 7.60. The minimum atomic E-state index is 0.765. The summed E-state index contributed by atoms with van der Waals surface area (Å²) in [7, 11) is 2.19. The molecule has 0 aliphatic carbocycles. The summed E-state index contributed by atoms with van der Waals surface area (Å²) in [6.07, 6.45) is 0. The highest BCUT2D eigenvalue weighted by Crippen LogP contribution is 2.22. The van der Waals surface area contributed by atoms with E-state index in [9.17, 15) is 0 Å². The Hall–Kier alpha value is -0.130. The summed E-state index contributed by atoms with van der Waals surface area (Å²) in [6, 6.07) is 6.07. The maximum atomic E-state index is 5.98. The van der Waals surface area contributed by atoms with Crippen LogP contribution in [0, 0.1) is 0 Å². The summed E-state index contributed by atoms with van der Waals surface area (Å²) in [5.41, 5.74) is 1.26. The highest BCUT2D eigenvalue weighted by atomic mass is 79.9. The fourth-order valence-electron chi connectivity index (χ4n) is 2.19. The molecule has 3 nitrogen and oxygen atoms in total. The van der Waals surface area contributed by atoms with Gasteiger partial charge in [0.05, 0.1) is 5.02 Å². The SMILES string of the molecule is CN1CCN(CCNCc2ccc(Cl)c(Br)c2)CC1. The lowest BCUT2D eigenvalue weighted by Crippen LogP contribution is -2.46. The average molecular weight is 347 g/mol. The minimum Gasteiger partial charge on any atom is -0.311 e. The van der Waals surface area contributed by atoms with Gasteiger partial charge in [0.25, 0.3) is 0 Å². The number of hydrogen-bond acceptors (Lipinski definition) is 3. The number of benzene rings is 1. The molecule has 1 saturated heterocycles. The summed E-state index contributed by atoms with van der Waals surface area (Å²) >= 11 is 9.43. The Balaban J connectivity index is 1.65.